The Hall–Kier alpha value is -1.38. The highest BCUT2D eigenvalue weighted by molar-refractivity contribution is 5.79. The number of alkyl carbamates (subject to hydrolysis) is 1. The number of carboxylic acids is 1. The summed E-state index contributed by atoms with van der Waals surface area (Å²) in [4.78, 5) is 25.9. The molecule has 3 atom stereocenters. The molecule has 0 rings (SSSR count). The zero-order valence-corrected chi connectivity index (χ0v) is 28.7. The molecule has 0 spiro atoms. The molecule has 0 aromatic heterocycles. The van der Waals surface area contributed by atoms with Gasteiger partial charge in [-0.25, -0.2) is 9.59 Å². The van der Waals surface area contributed by atoms with Gasteiger partial charge in [0.25, 0.3) is 0 Å². The first-order valence-corrected chi connectivity index (χ1v) is 17.8. The molecule has 8 nitrogen and oxygen atoms in total. The number of aliphatic hydroxyl groups excluding tert-OH is 2. The molecular weight excluding hydrogens is 544 g/mol. The Morgan fingerprint density at radius 3 is 1.44 bits per heavy atom. The quantitative estimate of drug-likeness (QED) is 0.0627. The van der Waals surface area contributed by atoms with Crippen molar-refractivity contribution in [2.24, 2.45) is 0 Å². The van der Waals surface area contributed by atoms with Crippen LogP contribution in [0.3, 0.4) is 0 Å². The van der Waals surface area contributed by atoms with E-state index in [1.807, 2.05) is 0 Å². The van der Waals surface area contributed by atoms with Crippen molar-refractivity contribution in [3.63, 3.8) is 0 Å². The smallest absolute Gasteiger partial charge is 0.408 e. The van der Waals surface area contributed by atoms with Crippen LogP contribution in [0.5, 0.6) is 0 Å². The van der Waals surface area contributed by atoms with E-state index in [4.69, 9.17) is 4.74 Å². The monoisotopic (exact) mass is 615 g/mol. The van der Waals surface area contributed by atoms with E-state index in [0.717, 1.165) is 44.9 Å². The van der Waals surface area contributed by atoms with Crippen LogP contribution in [0.2, 0.25) is 0 Å². The average molecular weight is 615 g/mol. The van der Waals surface area contributed by atoms with E-state index >= 15 is 0 Å². The molecule has 0 fully saturated rings. The number of amides is 1. The number of unbranched alkanes of at least 4 members (excludes halogenated alkanes) is 15. The van der Waals surface area contributed by atoms with Crippen molar-refractivity contribution in [1.82, 2.24) is 10.2 Å². The van der Waals surface area contributed by atoms with Crippen LogP contribution in [-0.2, 0) is 9.53 Å². The zero-order valence-electron chi connectivity index (χ0n) is 28.7. The minimum absolute atomic E-state index is 0.296. The molecular formula is C35H70N2O6. The molecule has 0 aromatic carbocycles. The number of nitrogens with one attached hydrogen (secondary N) is 1. The third-order valence-electron chi connectivity index (χ3n) is 7.93. The van der Waals surface area contributed by atoms with Crippen LogP contribution in [0.4, 0.5) is 4.79 Å². The fraction of sp³-hybridized carbons (Fsp3) is 0.943. The summed E-state index contributed by atoms with van der Waals surface area (Å²) in [7, 11) is 0. The number of hydrogen-bond acceptors (Lipinski definition) is 6. The first-order chi connectivity index (χ1) is 20.5. The molecule has 256 valence electrons. The number of carbonyl (C=O) groups excluding carboxylic acids is 1. The highest BCUT2D eigenvalue weighted by Gasteiger charge is 2.24. The Balaban J connectivity index is 4.67. The highest BCUT2D eigenvalue weighted by Crippen LogP contribution is 2.15. The summed E-state index contributed by atoms with van der Waals surface area (Å²) in [5, 5.41) is 33.6. The number of ether oxygens (including phenoxy) is 1. The van der Waals surface area contributed by atoms with E-state index in [1.54, 1.807) is 20.8 Å². The van der Waals surface area contributed by atoms with E-state index in [9.17, 15) is 24.9 Å². The minimum atomic E-state index is -1.08. The number of rotatable bonds is 29. The van der Waals surface area contributed by atoms with Crippen molar-refractivity contribution >= 4 is 12.1 Å². The fourth-order valence-electron chi connectivity index (χ4n) is 5.45. The maximum Gasteiger partial charge on any atom is 0.408 e. The van der Waals surface area contributed by atoms with Gasteiger partial charge in [0, 0.05) is 13.1 Å². The second kappa shape index (κ2) is 27.0. The lowest BCUT2D eigenvalue weighted by molar-refractivity contribution is -0.139. The molecule has 43 heavy (non-hydrogen) atoms. The maximum atomic E-state index is 12.1. The lowest BCUT2D eigenvalue weighted by Crippen LogP contribution is -2.43. The molecule has 0 unspecified atom stereocenters. The molecule has 4 N–H and O–H groups in total. The summed E-state index contributed by atoms with van der Waals surface area (Å²) in [6.45, 7) is 11.4. The summed E-state index contributed by atoms with van der Waals surface area (Å²) in [6.07, 6.45) is 21.3. The first-order valence-electron chi connectivity index (χ1n) is 17.8. The van der Waals surface area contributed by atoms with Crippen LogP contribution in [0, 0.1) is 0 Å². The van der Waals surface area contributed by atoms with Gasteiger partial charge in [0.05, 0.1) is 12.2 Å². The van der Waals surface area contributed by atoms with Gasteiger partial charge in [-0.15, -0.1) is 0 Å². The van der Waals surface area contributed by atoms with Crippen LogP contribution in [-0.4, -0.2) is 75.8 Å². The molecule has 0 aliphatic carbocycles. The SMILES string of the molecule is CCCCCCCCCC[C@@H](O)CN(CCCC[C@@H](NC(=O)OC(C)(C)C)C(=O)O)C[C@H](O)CCCCCCCCCC. The van der Waals surface area contributed by atoms with E-state index in [-0.39, 0.29) is 0 Å². The van der Waals surface area contributed by atoms with Gasteiger partial charge in [-0.1, -0.05) is 117 Å². The van der Waals surface area contributed by atoms with Crippen molar-refractivity contribution < 1.29 is 29.6 Å². The topological polar surface area (TPSA) is 119 Å². The molecule has 0 heterocycles. The van der Waals surface area contributed by atoms with Crippen LogP contribution in [0.1, 0.15) is 169 Å². The number of aliphatic carboxylic acids is 1. The molecule has 1 amide bonds. The Kier molecular flexibility index (Phi) is 26.1. The van der Waals surface area contributed by atoms with Crippen molar-refractivity contribution in [3.05, 3.63) is 0 Å². The van der Waals surface area contributed by atoms with Gasteiger partial charge in [-0.3, -0.25) is 4.90 Å². The standard InChI is InChI=1S/C35H70N2O6/c1-6-8-10-12-14-16-18-20-24-30(38)28-37(29-31(39)25-21-19-17-15-13-11-9-7-2)27-23-22-26-32(33(40)41)36-34(42)43-35(3,4)5/h30-32,38-39H,6-29H2,1-5H3,(H,36,42)(H,40,41)/t30-,31-,32-/m1/s1. The van der Waals surface area contributed by atoms with Crippen LogP contribution < -0.4 is 5.32 Å². The lowest BCUT2D eigenvalue weighted by Gasteiger charge is -2.28. The third kappa shape index (κ3) is 27.9. The van der Waals surface area contributed by atoms with E-state index in [0.29, 0.717) is 32.5 Å². The number of carboxylic acid groups (broad SMARTS) is 1. The summed E-state index contributed by atoms with van der Waals surface area (Å²) >= 11 is 0. The number of nitrogens with zero attached hydrogens (tertiary/aromatic N) is 1. The van der Waals surface area contributed by atoms with Crippen molar-refractivity contribution in [3.8, 4) is 0 Å². The Labute approximate surface area is 264 Å². The van der Waals surface area contributed by atoms with Crippen LogP contribution >= 0.6 is 0 Å². The van der Waals surface area contributed by atoms with Gasteiger partial charge >= 0.3 is 12.1 Å². The number of hydrogen-bond donors (Lipinski definition) is 4. The van der Waals surface area contributed by atoms with Crippen LogP contribution in [0.25, 0.3) is 0 Å². The van der Waals surface area contributed by atoms with Gasteiger partial charge in [0.2, 0.25) is 0 Å². The van der Waals surface area contributed by atoms with Crippen molar-refractivity contribution in [2.45, 2.75) is 193 Å². The molecule has 8 heteroatoms. The maximum absolute atomic E-state index is 12.1. The second-order valence-electron chi connectivity index (χ2n) is 13.6. The zero-order chi connectivity index (χ0) is 32.3. The van der Waals surface area contributed by atoms with E-state index < -0.39 is 35.9 Å². The predicted molar refractivity (Wildman–Crippen MR) is 178 cm³/mol. The van der Waals surface area contributed by atoms with E-state index in [2.05, 4.69) is 24.1 Å². The Bertz CT molecular complexity index is 641. The van der Waals surface area contributed by atoms with Gasteiger partial charge in [0.1, 0.15) is 11.6 Å². The fourth-order valence-corrected chi connectivity index (χ4v) is 5.45. The summed E-state index contributed by atoms with van der Waals surface area (Å²) in [5.74, 6) is -1.08. The van der Waals surface area contributed by atoms with Crippen molar-refractivity contribution in [1.29, 1.82) is 0 Å². The van der Waals surface area contributed by atoms with Crippen LogP contribution in [0.15, 0.2) is 0 Å². The molecule has 0 aromatic rings. The normalized spacial score (nSPS) is 14.0. The largest absolute Gasteiger partial charge is 0.480 e. The molecule has 0 aliphatic heterocycles. The predicted octanol–water partition coefficient (Wildman–Crippen LogP) is 8.22. The highest BCUT2D eigenvalue weighted by atomic mass is 16.6. The third-order valence-corrected chi connectivity index (χ3v) is 7.93. The molecule has 0 bridgehead atoms. The Morgan fingerprint density at radius 1 is 0.651 bits per heavy atom. The lowest BCUT2D eigenvalue weighted by atomic mass is 10.0. The number of aliphatic hydroxyl groups is 2. The Morgan fingerprint density at radius 2 is 1.05 bits per heavy atom. The van der Waals surface area contributed by atoms with Gasteiger partial charge in [0.15, 0.2) is 0 Å². The molecule has 0 saturated carbocycles. The summed E-state index contributed by atoms with van der Waals surface area (Å²) in [5.41, 5.74) is -0.696. The van der Waals surface area contributed by atoms with Crippen molar-refractivity contribution in [2.75, 3.05) is 19.6 Å². The second-order valence-corrected chi connectivity index (χ2v) is 13.6. The van der Waals surface area contributed by atoms with Gasteiger partial charge in [-0.2, -0.15) is 0 Å². The summed E-state index contributed by atoms with van der Waals surface area (Å²) in [6, 6.07) is -1.01. The molecule has 0 aliphatic rings. The minimum Gasteiger partial charge on any atom is -0.480 e. The number of carbonyl (C=O) groups is 2. The van der Waals surface area contributed by atoms with Gasteiger partial charge < -0.3 is 25.4 Å². The molecule has 0 saturated heterocycles. The molecule has 0 radical (unpaired) electrons. The first kappa shape index (κ1) is 41.6. The average Bonchev–Trinajstić information content (AvgIpc) is 2.92. The van der Waals surface area contributed by atoms with E-state index in [1.165, 1.54) is 77.0 Å². The summed E-state index contributed by atoms with van der Waals surface area (Å²) < 4.78 is 5.21. The van der Waals surface area contributed by atoms with Gasteiger partial charge in [-0.05, 0) is 59.4 Å².